The van der Waals surface area contributed by atoms with Gasteiger partial charge in [-0.3, -0.25) is 14.4 Å². The van der Waals surface area contributed by atoms with Crippen molar-refractivity contribution in [2.75, 3.05) is 13.2 Å². The van der Waals surface area contributed by atoms with E-state index >= 15 is 0 Å². The summed E-state index contributed by atoms with van der Waals surface area (Å²) in [7, 11) is 0. The zero-order chi connectivity index (χ0) is 43.7. The molecule has 1 atom stereocenters. The zero-order valence-electron chi connectivity index (χ0n) is 38.7. The summed E-state index contributed by atoms with van der Waals surface area (Å²) in [6.45, 7) is 6.35. The maximum Gasteiger partial charge on any atom is 0.306 e. The molecule has 0 aliphatic rings. The minimum atomic E-state index is -0.820. The maximum atomic E-state index is 12.7. The van der Waals surface area contributed by atoms with Crippen LogP contribution in [0.3, 0.4) is 0 Å². The van der Waals surface area contributed by atoms with Crippen molar-refractivity contribution in [3.8, 4) is 0 Å². The van der Waals surface area contributed by atoms with E-state index in [1.54, 1.807) is 0 Å². The van der Waals surface area contributed by atoms with Crippen molar-refractivity contribution in [3.63, 3.8) is 0 Å². The van der Waals surface area contributed by atoms with E-state index in [1.807, 2.05) is 0 Å². The van der Waals surface area contributed by atoms with Crippen molar-refractivity contribution in [3.05, 3.63) is 97.2 Å². The molecule has 1 unspecified atom stereocenters. The van der Waals surface area contributed by atoms with Crippen LogP contribution in [-0.2, 0) is 28.6 Å². The Labute approximate surface area is 368 Å². The molecule has 0 radical (unpaired) electrons. The van der Waals surface area contributed by atoms with Crippen LogP contribution in [0.4, 0.5) is 0 Å². The van der Waals surface area contributed by atoms with E-state index in [-0.39, 0.29) is 44.0 Å². The third-order valence-electron chi connectivity index (χ3n) is 9.82. The number of carbonyl (C=O) groups excluding carboxylic acids is 3. The molecule has 60 heavy (non-hydrogen) atoms. The number of allylic oxidation sites excluding steroid dienone is 16. The molecule has 6 heteroatoms. The molecular weight excluding hydrogens is 745 g/mol. The molecule has 0 aromatic carbocycles. The second-order valence-electron chi connectivity index (χ2n) is 15.7. The molecule has 0 heterocycles. The molecule has 0 spiro atoms. The van der Waals surface area contributed by atoms with Gasteiger partial charge in [0.2, 0.25) is 0 Å². The van der Waals surface area contributed by atoms with Gasteiger partial charge < -0.3 is 14.2 Å². The first-order chi connectivity index (χ1) is 29.5. The summed E-state index contributed by atoms with van der Waals surface area (Å²) in [5.41, 5.74) is 0. The number of hydrogen-bond acceptors (Lipinski definition) is 6. The topological polar surface area (TPSA) is 78.9 Å². The Morgan fingerprint density at radius 3 is 1.25 bits per heavy atom. The molecule has 0 bridgehead atoms. The number of unbranched alkanes of at least 4 members (excludes halogenated alkanes) is 16. The largest absolute Gasteiger partial charge is 0.462 e. The quantitative estimate of drug-likeness (QED) is 0.0200. The lowest BCUT2D eigenvalue weighted by molar-refractivity contribution is -0.167. The molecule has 0 aliphatic carbocycles. The fraction of sp³-hybridized carbons (Fsp3) is 0.648. The number of hydrogen-bond donors (Lipinski definition) is 0. The van der Waals surface area contributed by atoms with E-state index in [2.05, 4.69) is 118 Å². The Morgan fingerprint density at radius 2 is 0.733 bits per heavy atom. The summed E-state index contributed by atoms with van der Waals surface area (Å²) < 4.78 is 16.6. The van der Waals surface area contributed by atoms with Gasteiger partial charge in [0.25, 0.3) is 0 Å². The van der Waals surface area contributed by atoms with E-state index in [0.29, 0.717) is 12.8 Å². The molecule has 0 aromatic heterocycles. The highest BCUT2D eigenvalue weighted by Gasteiger charge is 2.19. The van der Waals surface area contributed by atoms with Crippen LogP contribution in [0.1, 0.15) is 207 Å². The number of esters is 3. The van der Waals surface area contributed by atoms with Crippen molar-refractivity contribution >= 4 is 17.9 Å². The second kappa shape index (κ2) is 48.0. The molecule has 0 N–H and O–H groups in total. The molecule has 6 nitrogen and oxygen atoms in total. The first kappa shape index (κ1) is 56.3. The Balaban J connectivity index is 4.53. The molecule has 0 aromatic rings. The third-order valence-corrected chi connectivity index (χ3v) is 9.82. The van der Waals surface area contributed by atoms with E-state index in [1.165, 1.54) is 57.8 Å². The van der Waals surface area contributed by atoms with Gasteiger partial charge in [0.05, 0.1) is 0 Å². The average Bonchev–Trinajstić information content (AvgIpc) is 3.24. The number of carbonyl (C=O) groups is 3. The summed E-state index contributed by atoms with van der Waals surface area (Å²) in [4.78, 5) is 37.8. The standard InChI is InChI=1S/C54H88O6/c1-4-7-10-13-16-19-22-24-26-27-28-30-32-35-38-41-44-47-53(56)59-50-51(49-58-52(55)46-43-40-37-34-31-21-18-15-12-9-6-3)60-54(57)48-45-42-39-36-33-29-25-23-20-17-14-11-8-5-2/h8,11,15,17-18,20-21,24-26,28-31,35,38,51H,4-7,9-10,12-14,16,19,22-23,27,32-34,36-37,39-50H2,1-3H3/b11-8-,18-15-,20-17-,26-24-,29-25-,30-28-,31-21-,38-35-. The first-order valence-electron chi connectivity index (χ1n) is 24.3. The van der Waals surface area contributed by atoms with Gasteiger partial charge in [0.1, 0.15) is 13.2 Å². The van der Waals surface area contributed by atoms with Crippen LogP contribution in [0.2, 0.25) is 0 Å². The van der Waals surface area contributed by atoms with E-state index in [4.69, 9.17) is 14.2 Å². The van der Waals surface area contributed by atoms with Crippen LogP contribution in [0, 0.1) is 0 Å². The van der Waals surface area contributed by atoms with Crippen LogP contribution in [-0.4, -0.2) is 37.2 Å². The van der Waals surface area contributed by atoms with Gasteiger partial charge in [-0.1, -0.05) is 182 Å². The van der Waals surface area contributed by atoms with Crippen LogP contribution in [0.25, 0.3) is 0 Å². The second-order valence-corrected chi connectivity index (χ2v) is 15.7. The summed E-state index contributed by atoms with van der Waals surface area (Å²) in [5.74, 6) is -1.03. The van der Waals surface area contributed by atoms with Gasteiger partial charge >= 0.3 is 17.9 Å². The lowest BCUT2D eigenvalue weighted by atomic mass is 10.1. The molecule has 0 saturated carbocycles. The summed E-state index contributed by atoms with van der Waals surface area (Å²) in [5, 5.41) is 0. The maximum absolute atomic E-state index is 12.7. The van der Waals surface area contributed by atoms with E-state index < -0.39 is 6.10 Å². The van der Waals surface area contributed by atoms with Gasteiger partial charge in [-0.05, 0) is 103 Å². The highest BCUT2D eigenvalue weighted by Crippen LogP contribution is 2.11. The molecular formula is C54H88O6. The van der Waals surface area contributed by atoms with Gasteiger partial charge in [0, 0.05) is 19.3 Å². The predicted molar refractivity (Wildman–Crippen MR) is 256 cm³/mol. The monoisotopic (exact) mass is 833 g/mol. The molecule has 0 rings (SSSR count). The SMILES string of the molecule is CC/C=C\C/C=C\C/C=C\CCCCCCC(=O)OC(COC(=O)CCC/C=C\C/C=C\C/C=C\CCCCCCCC)COC(=O)CCCCC/C=C\C=C/CCCC. The normalized spacial score (nSPS) is 12.9. The lowest BCUT2D eigenvalue weighted by Crippen LogP contribution is -2.30. The van der Waals surface area contributed by atoms with Crippen molar-refractivity contribution in [2.45, 2.75) is 213 Å². The Bertz CT molecular complexity index is 1230. The van der Waals surface area contributed by atoms with Crippen molar-refractivity contribution < 1.29 is 28.6 Å². The minimum absolute atomic E-state index is 0.118. The highest BCUT2D eigenvalue weighted by molar-refractivity contribution is 5.71. The Hall–Kier alpha value is -3.67. The van der Waals surface area contributed by atoms with Crippen LogP contribution >= 0.6 is 0 Å². The fourth-order valence-electron chi connectivity index (χ4n) is 6.15. The molecule has 0 amide bonds. The van der Waals surface area contributed by atoms with Gasteiger partial charge in [0.15, 0.2) is 6.10 Å². The Kier molecular flexibility index (Phi) is 45.1. The number of rotatable bonds is 42. The van der Waals surface area contributed by atoms with Crippen molar-refractivity contribution in [1.82, 2.24) is 0 Å². The third kappa shape index (κ3) is 45.4. The number of ether oxygens (including phenoxy) is 3. The van der Waals surface area contributed by atoms with Gasteiger partial charge in [-0.15, -0.1) is 0 Å². The molecule has 0 fully saturated rings. The summed E-state index contributed by atoms with van der Waals surface area (Å²) >= 11 is 0. The summed E-state index contributed by atoms with van der Waals surface area (Å²) in [6, 6.07) is 0. The van der Waals surface area contributed by atoms with E-state index in [9.17, 15) is 14.4 Å². The smallest absolute Gasteiger partial charge is 0.306 e. The minimum Gasteiger partial charge on any atom is -0.462 e. The van der Waals surface area contributed by atoms with Gasteiger partial charge in [-0.25, -0.2) is 0 Å². The fourth-order valence-corrected chi connectivity index (χ4v) is 6.15. The molecule has 0 aliphatic heterocycles. The van der Waals surface area contributed by atoms with Crippen LogP contribution in [0.15, 0.2) is 97.2 Å². The predicted octanol–water partition coefficient (Wildman–Crippen LogP) is 15.8. The molecule has 340 valence electrons. The summed E-state index contributed by atoms with van der Waals surface area (Å²) in [6.07, 6.45) is 62.6. The van der Waals surface area contributed by atoms with Crippen LogP contribution < -0.4 is 0 Å². The first-order valence-corrected chi connectivity index (χ1v) is 24.3. The van der Waals surface area contributed by atoms with Crippen LogP contribution in [0.5, 0.6) is 0 Å². The molecule has 0 saturated heterocycles. The van der Waals surface area contributed by atoms with Gasteiger partial charge in [-0.2, -0.15) is 0 Å². The van der Waals surface area contributed by atoms with E-state index in [0.717, 1.165) is 103 Å². The average molecular weight is 833 g/mol. The highest BCUT2D eigenvalue weighted by atomic mass is 16.6. The Morgan fingerprint density at radius 1 is 0.367 bits per heavy atom. The van der Waals surface area contributed by atoms with Crippen molar-refractivity contribution in [2.24, 2.45) is 0 Å². The zero-order valence-corrected chi connectivity index (χ0v) is 38.7. The lowest BCUT2D eigenvalue weighted by Gasteiger charge is -2.18. The van der Waals surface area contributed by atoms with Crippen molar-refractivity contribution in [1.29, 1.82) is 0 Å².